The zero-order valence-electron chi connectivity index (χ0n) is 14.2. The summed E-state index contributed by atoms with van der Waals surface area (Å²) in [7, 11) is -3.34. The van der Waals surface area contributed by atoms with E-state index in [9.17, 15) is 13.2 Å². The third-order valence-corrected chi connectivity index (χ3v) is 3.92. The van der Waals surface area contributed by atoms with Gasteiger partial charge in [-0.15, -0.1) is 0 Å². The molecule has 0 saturated heterocycles. The second-order valence-corrected chi connectivity index (χ2v) is 7.19. The van der Waals surface area contributed by atoms with Gasteiger partial charge in [-0.2, -0.15) is 0 Å². The Labute approximate surface area is 147 Å². The van der Waals surface area contributed by atoms with Gasteiger partial charge in [-0.05, 0) is 48.4 Å². The fraction of sp³-hybridized carbons (Fsp3) is 0.278. The minimum absolute atomic E-state index is 0.124. The van der Waals surface area contributed by atoms with Gasteiger partial charge in [-0.25, -0.2) is 13.2 Å². The van der Waals surface area contributed by atoms with Crippen LogP contribution in [-0.4, -0.2) is 33.9 Å². The van der Waals surface area contributed by atoms with E-state index in [2.05, 4.69) is 11.6 Å². The van der Waals surface area contributed by atoms with Crippen molar-refractivity contribution in [1.82, 2.24) is 0 Å². The van der Waals surface area contributed by atoms with Gasteiger partial charge < -0.3 is 9.47 Å². The minimum atomic E-state index is -3.34. The lowest BCUT2D eigenvalue weighted by Gasteiger charge is -2.09. The Morgan fingerprint density at radius 2 is 1.80 bits per heavy atom. The summed E-state index contributed by atoms with van der Waals surface area (Å²) in [6.07, 6.45) is 1.99. The van der Waals surface area contributed by atoms with Crippen LogP contribution in [0.4, 0.5) is 5.69 Å². The summed E-state index contributed by atoms with van der Waals surface area (Å²) in [6.45, 7) is 2.45. The third kappa shape index (κ3) is 6.46. The van der Waals surface area contributed by atoms with Crippen molar-refractivity contribution in [3.8, 4) is 5.75 Å². The van der Waals surface area contributed by atoms with E-state index in [0.29, 0.717) is 11.3 Å². The number of carbonyl (C=O) groups excluding carboxylic acids is 1. The number of carbonyl (C=O) groups is 1. The molecule has 2 aromatic rings. The molecule has 0 fully saturated rings. The first kappa shape index (κ1) is 18.8. The summed E-state index contributed by atoms with van der Waals surface area (Å²) < 4.78 is 35.3. The summed E-state index contributed by atoms with van der Waals surface area (Å²) in [6, 6.07) is 13.8. The number of hydrogen-bond acceptors (Lipinski definition) is 5. The molecule has 1 N–H and O–H groups in total. The number of rotatable bonds is 8. The van der Waals surface area contributed by atoms with Crippen LogP contribution in [0.1, 0.15) is 22.8 Å². The van der Waals surface area contributed by atoms with E-state index >= 15 is 0 Å². The predicted octanol–water partition coefficient (Wildman–Crippen LogP) is 2.86. The number of esters is 1. The molecule has 0 aliphatic carbocycles. The highest BCUT2D eigenvalue weighted by Gasteiger charge is 2.08. The van der Waals surface area contributed by atoms with Gasteiger partial charge in [-0.1, -0.05) is 19.1 Å². The van der Waals surface area contributed by atoms with E-state index in [1.54, 1.807) is 0 Å². The maximum absolute atomic E-state index is 11.9. The molecule has 6 nitrogen and oxygen atoms in total. The lowest BCUT2D eigenvalue weighted by molar-refractivity contribution is 0.0450. The maximum atomic E-state index is 11.9. The summed E-state index contributed by atoms with van der Waals surface area (Å²) in [4.78, 5) is 11.9. The highest BCUT2D eigenvalue weighted by atomic mass is 32.2. The molecule has 0 bridgehead atoms. The number of hydrogen-bond donors (Lipinski definition) is 1. The molecule has 0 radical (unpaired) electrons. The van der Waals surface area contributed by atoms with Crippen LogP contribution in [0.3, 0.4) is 0 Å². The summed E-state index contributed by atoms with van der Waals surface area (Å²) in [5.74, 6) is 0.253. The molecule has 2 rings (SSSR count). The first-order valence-corrected chi connectivity index (χ1v) is 9.73. The molecule has 0 amide bonds. The van der Waals surface area contributed by atoms with E-state index in [1.807, 2.05) is 24.3 Å². The maximum Gasteiger partial charge on any atom is 0.338 e. The Kier molecular flexibility index (Phi) is 6.41. The van der Waals surface area contributed by atoms with Crippen molar-refractivity contribution >= 4 is 21.7 Å². The van der Waals surface area contributed by atoms with Gasteiger partial charge in [0, 0.05) is 5.69 Å². The number of aryl methyl sites for hydroxylation is 1. The normalized spacial score (nSPS) is 11.0. The highest BCUT2D eigenvalue weighted by molar-refractivity contribution is 7.92. The van der Waals surface area contributed by atoms with Crippen LogP contribution in [0.5, 0.6) is 5.75 Å². The van der Waals surface area contributed by atoms with Crippen LogP contribution in [0, 0.1) is 0 Å². The molecule has 7 heteroatoms. The molecule has 25 heavy (non-hydrogen) atoms. The second kappa shape index (κ2) is 8.53. The van der Waals surface area contributed by atoms with Gasteiger partial charge in [0.1, 0.15) is 19.0 Å². The number of anilines is 1. The molecule has 0 aliphatic heterocycles. The Morgan fingerprint density at radius 3 is 2.44 bits per heavy atom. The molecule has 0 saturated carbocycles. The van der Waals surface area contributed by atoms with E-state index in [-0.39, 0.29) is 13.2 Å². The fourth-order valence-electron chi connectivity index (χ4n) is 2.12. The fourth-order valence-corrected chi connectivity index (χ4v) is 2.69. The second-order valence-electron chi connectivity index (χ2n) is 5.44. The van der Waals surface area contributed by atoms with Crippen molar-refractivity contribution in [1.29, 1.82) is 0 Å². The number of nitrogens with one attached hydrogen (secondary N) is 1. The zero-order chi connectivity index (χ0) is 18.3. The van der Waals surface area contributed by atoms with Gasteiger partial charge in [0.25, 0.3) is 0 Å². The first-order chi connectivity index (χ1) is 11.9. The largest absolute Gasteiger partial charge is 0.490 e. The number of sulfonamides is 1. The van der Waals surface area contributed by atoms with E-state index in [1.165, 1.54) is 29.8 Å². The number of benzene rings is 2. The Hall–Kier alpha value is -2.54. The molecule has 0 aliphatic rings. The van der Waals surface area contributed by atoms with Crippen molar-refractivity contribution in [3.63, 3.8) is 0 Å². The quantitative estimate of drug-likeness (QED) is 0.576. The van der Waals surface area contributed by atoms with Gasteiger partial charge in [-0.3, -0.25) is 4.72 Å². The van der Waals surface area contributed by atoms with E-state index in [4.69, 9.17) is 9.47 Å². The summed E-state index contributed by atoms with van der Waals surface area (Å²) >= 11 is 0. The standard InChI is InChI=1S/C18H21NO5S/c1-3-14-5-4-6-17(13-14)23-11-12-24-18(20)15-7-9-16(10-8-15)19-25(2,21)22/h4-10,13,19H,3,11-12H2,1-2H3. The Balaban J connectivity index is 1.80. The molecule has 0 unspecified atom stereocenters. The topological polar surface area (TPSA) is 81.7 Å². The molecule has 2 aromatic carbocycles. The molecule has 0 spiro atoms. The summed E-state index contributed by atoms with van der Waals surface area (Å²) in [5, 5.41) is 0. The van der Waals surface area contributed by atoms with Crippen LogP contribution < -0.4 is 9.46 Å². The van der Waals surface area contributed by atoms with Gasteiger partial charge >= 0.3 is 5.97 Å². The first-order valence-electron chi connectivity index (χ1n) is 7.84. The average molecular weight is 363 g/mol. The van der Waals surface area contributed by atoms with Crippen molar-refractivity contribution in [2.45, 2.75) is 13.3 Å². The molecule has 0 atom stereocenters. The van der Waals surface area contributed by atoms with Gasteiger partial charge in [0.05, 0.1) is 11.8 Å². The number of ether oxygens (including phenoxy) is 2. The van der Waals surface area contributed by atoms with Crippen molar-refractivity contribution < 1.29 is 22.7 Å². The molecule has 134 valence electrons. The SMILES string of the molecule is CCc1cccc(OCCOC(=O)c2ccc(NS(C)(=O)=O)cc2)c1. The lowest BCUT2D eigenvalue weighted by Crippen LogP contribution is -2.13. The van der Waals surface area contributed by atoms with Gasteiger partial charge in [0.2, 0.25) is 10.0 Å². The minimum Gasteiger partial charge on any atom is -0.490 e. The smallest absolute Gasteiger partial charge is 0.338 e. The van der Waals surface area contributed by atoms with Crippen molar-refractivity contribution in [2.24, 2.45) is 0 Å². The predicted molar refractivity (Wildman–Crippen MR) is 96.5 cm³/mol. The molecular weight excluding hydrogens is 342 g/mol. The zero-order valence-corrected chi connectivity index (χ0v) is 15.0. The average Bonchev–Trinajstić information content (AvgIpc) is 2.58. The monoisotopic (exact) mass is 363 g/mol. The molecular formula is C18H21NO5S. The van der Waals surface area contributed by atoms with Gasteiger partial charge in [0.15, 0.2) is 0 Å². The van der Waals surface area contributed by atoms with E-state index in [0.717, 1.165) is 18.4 Å². The van der Waals surface area contributed by atoms with E-state index < -0.39 is 16.0 Å². The lowest BCUT2D eigenvalue weighted by atomic mass is 10.2. The molecule has 0 aromatic heterocycles. The molecule has 0 heterocycles. The summed E-state index contributed by atoms with van der Waals surface area (Å²) in [5.41, 5.74) is 1.91. The van der Waals surface area contributed by atoms with Crippen molar-refractivity contribution in [3.05, 3.63) is 59.7 Å². The van der Waals surface area contributed by atoms with Crippen LogP contribution in [0.2, 0.25) is 0 Å². The van der Waals surface area contributed by atoms with Crippen LogP contribution in [-0.2, 0) is 21.2 Å². The van der Waals surface area contributed by atoms with Crippen molar-refractivity contribution in [2.75, 3.05) is 24.2 Å². The van der Waals surface area contributed by atoms with Crippen LogP contribution >= 0.6 is 0 Å². The van der Waals surface area contributed by atoms with Crippen LogP contribution in [0.25, 0.3) is 0 Å². The highest BCUT2D eigenvalue weighted by Crippen LogP contribution is 2.14. The Bertz CT molecular complexity index is 816. The third-order valence-electron chi connectivity index (χ3n) is 3.32. The Morgan fingerprint density at radius 1 is 1.08 bits per heavy atom. The van der Waals surface area contributed by atoms with Crippen LogP contribution in [0.15, 0.2) is 48.5 Å².